The van der Waals surface area contributed by atoms with E-state index in [4.69, 9.17) is 4.74 Å². The van der Waals surface area contributed by atoms with Gasteiger partial charge in [-0.3, -0.25) is 19.7 Å². The highest BCUT2D eigenvalue weighted by atomic mass is 16.5. The number of nitrogens with one attached hydrogen (secondary N) is 1. The van der Waals surface area contributed by atoms with Gasteiger partial charge in [0.05, 0.1) is 24.0 Å². The zero-order chi connectivity index (χ0) is 19.3. The quantitative estimate of drug-likeness (QED) is 0.573. The molecule has 138 valence electrons. The van der Waals surface area contributed by atoms with E-state index in [0.717, 1.165) is 16.5 Å². The van der Waals surface area contributed by atoms with E-state index in [1.54, 1.807) is 30.9 Å². The van der Waals surface area contributed by atoms with E-state index in [9.17, 15) is 4.79 Å². The smallest absolute Gasteiger partial charge is 0.252 e. The molecule has 0 aliphatic heterocycles. The van der Waals surface area contributed by atoms with E-state index in [1.165, 1.54) is 0 Å². The van der Waals surface area contributed by atoms with Gasteiger partial charge in [-0.1, -0.05) is 18.2 Å². The second kappa shape index (κ2) is 7.84. The van der Waals surface area contributed by atoms with Crippen LogP contribution in [0.15, 0.2) is 73.3 Å². The van der Waals surface area contributed by atoms with Crippen LogP contribution in [0.1, 0.15) is 21.6 Å². The summed E-state index contributed by atoms with van der Waals surface area (Å²) in [5, 5.41) is 3.79. The van der Waals surface area contributed by atoms with Crippen LogP contribution in [-0.2, 0) is 6.54 Å². The lowest BCUT2D eigenvalue weighted by Gasteiger charge is -2.13. The van der Waals surface area contributed by atoms with Crippen molar-refractivity contribution in [1.82, 2.24) is 20.3 Å². The minimum absolute atomic E-state index is 0.187. The molecule has 28 heavy (non-hydrogen) atoms. The molecule has 0 aliphatic rings. The fourth-order valence-electron chi connectivity index (χ4n) is 2.94. The number of amides is 1. The van der Waals surface area contributed by atoms with Gasteiger partial charge in [-0.05, 0) is 37.3 Å². The van der Waals surface area contributed by atoms with Crippen LogP contribution >= 0.6 is 0 Å². The van der Waals surface area contributed by atoms with Crippen LogP contribution in [-0.4, -0.2) is 20.9 Å². The molecule has 6 heteroatoms. The lowest BCUT2D eigenvalue weighted by molar-refractivity contribution is 0.0949. The number of nitrogens with zero attached hydrogens (tertiary/aromatic N) is 3. The number of aromatic nitrogens is 3. The predicted molar refractivity (Wildman–Crippen MR) is 106 cm³/mol. The molecule has 0 unspecified atom stereocenters. The summed E-state index contributed by atoms with van der Waals surface area (Å²) in [6.07, 6.45) is 6.53. The highest BCUT2D eigenvalue weighted by Crippen LogP contribution is 2.31. The monoisotopic (exact) mass is 370 g/mol. The number of para-hydroxylation sites is 1. The third kappa shape index (κ3) is 3.66. The average molecular weight is 370 g/mol. The van der Waals surface area contributed by atoms with Crippen LogP contribution in [0.4, 0.5) is 0 Å². The van der Waals surface area contributed by atoms with Crippen molar-refractivity contribution >= 4 is 16.8 Å². The number of pyridine rings is 1. The summed E-state index contributed by atoms with van der Waals surface area (Å²) in [6, 6.07) is 15.0. The van der Waals surface area contributed by atoms with Crippen molar-refractivity contribution in [3.63, 3.8) is 0 Å². The van der Waals surface area contributed by atoms with Crippen molar-refractivity contribution < 1.29 is 9.53 Å². The van der Waals surface area contributed by atoms with Crippen molar-refractivity contribution in [3.05, 3.63) is 90.1 Å². The van der Waals surface area contributed by atoms with Gasteiger partial charge in [0.25, 0.3) is 5.91 Å². The Morgan fingerprint density at radius 3 is 2.71 bits per heavy atom. The molecule has 4 aromatic rings. The Bertz CT molecular complexity index is 1120. The third-order valence-corrected chi connectivity index (χ3v) is 4.40. The first-order valence-electron chi connectivity index (χ1n) is 8.86. The van der Waals surface area contributed by atoms with Gasteiger partial charge >= 0.3 is 0 Å². The van der Waals surface area contributed by atoms with E-state index < -0.39 is 0 Å². The number of hydrogen-bond acceptors (Lipinski definition) is 5. The molecule has 1 N–H and O–H groups in total. The van der Waals surface area contributed by atoms with E-state index in [2.05, 4.69) is 20.3 Å². The van der Waals surface area contributed by atoms with Crippen molar-refractivity contribution in [1.29, 1.82) is 0 Å². The largest absolute Gasteiger partial charge is 0.456 e. The first kappa shape index (κ1) is 17.6. The molecule has 2 aromatic carbocycles. The van der Waals surface area contributed by atoms with Gasteiger partial charge in [-0.15, -0.1) is 0 Å². The summed E-state index contributed by atoms with van der Waals surface area (Å²) in [5.41, 5.74) is 2.87. The van der Waals surface area contributed by atoms with E-state index in [0.29, 0.717) is 29.3 Å². The molecule has 6 nitrogen and oxygen atoms in total. The minimum atomic E-state index is -0.187. The second-order valence-electron chi connectivity index (χ2n) is 6.24. The topological polar surface area (TPSA) is 77.0 Å². The number of carbonyl (C=O) groups is 1. The van der Waals surface area contributed by atoms with Gasteiger partial charge in [-0.2, -0.15) is 0 Å². The fourth-order valence-corrected chi connectivity index (χ4v) is 2.94. The lowest BCUT2D eigenvalue weighted by Crippen LogP contribution is -2.24. The molecule has 0 bridgehead atoms. The summed E-state index contributed by atoms with van der Waals surface area (Å²) >= 11 is 0. The van der Waals surface area contributed by atoms with Gasteiger partial charge < -0.3 is 10.1 Å². The van der Waals surface area contributed by atoms with Crippen LogP contribution in [0.3, 0.4) is 0 Å². The van der Waals surface area contributed by atoms with Crippen LogP contribution in [0.2, 0.25) is 0 Å². The van der Waals surface area contributed by atoms with Gasteiger partial charge in [0, 0.05) is 35.1 Å². The molecule has 2 aromatic heterocycles. The molecular weight excluding hydrogens is 352 g/mol. The summed E-state index contributed by atoms with van der Waals surface area (Å²) in [4.78, 5) is 25.1. The Morgan fingerprint density at radius 2 is 1.86 bits per heavy atom. The highest BCUT2D eigenvalue weighted by Gasteiger charge is 2.14. The zero-order valence-electron chi connectivity index (χ0n) is 15.3. The number of hydrogen-bond donors (Lipinski definition) is 1. The number of rotatable bonds is 5. The van der Waals surface area contributed by atoms with Crippen LogP contribution in [0.5, 0.6) is 11.5 Å². The summed E-state index contributed by atoms with van der Waals surface area (Å²) < 4.78 is 6.13. The second-order valence-corrected chi connectivity index (χ2v) is 6.24. The average Bonchev–Trinajstić information content (AvgIpc) is 2.74. The number of benzene rings is 2. The van der Waals surface area contributed by atoms with Crippen molar-refractivity contribution in [2.75, 3.05) is 0 Å². The number of ether oxygens (including phenoxy) is 1. The molecule has 4 rings (SSSR count). The highest BCUT2D eigenvalue weighted by molar-refractivity contribution is 5.96. The summed E-state index contributed by atoms with van der Waals surface area (Å²) in [6.45, 7) is 2.18. The molecule has 0 atom stereocenters. The molecular formula is C22H18N4O2. The van der Waals surface area contributed by atoms with Crippen molar-refractivity contribution in [2.45, 2.75) is 13.5 Å². The molecule has 0 spiro atoms. The minimum Gasteiger partial charge on any atom is -0.456 e. The molecule has 0 saturated heterocycles. The van der Waals surface area contributed by atoms with E-state index >= 15 is 0 Å². The zero-order valence-corrected chi connectivity index (χ0v) is 15.3. The molecule has 0 aliphatic carbocycles. The first-order valence-corrected chi connectivity index (χ1v) is 8.86. The standard InChI is InChI=1S/C22H18N4O2/c1-15-17(22(27)26-14-16-13-23-11-12-24-16)6-4-8-20(15)28-21-9-10-25-19-7-3-2-5-18(19)21/h2-13H,14H2,1H3,(H,26,27). The summed E-state index contributed by atoms with van der Waals surface area (Å²) in [5.74, 6) is 1.14. The molecule has 1 amide bonds. The molecule has 0 radical (unpaired) electrons. The fraction of sp³-hybridized carbons (Fsp3) is 0.0909. The summed E-state index contributed by atoms with van der Waals surface area (Å²) in [7, 11) is 0. The normalized spacial score (nSPS) is 10.6. The van der Waals surface area contributed by atoms with Crippen LogP contribution in [0, 0.1) is 6.92 Å². The predicted octanol–water partition coefficient (Wildman–Crippen LogP) is 4.06. The maximum atomic E-state index is 12.6. The van der Waals surface area contributed by atoms with Gasteiger partial charge in [0.15, 0.2) is 0 Å². The maximum Gasteiger partial charge on any atom is 0.252 e. The lowest BCUT2D eigenvalue weighted by atomic mass is 10.1. The van der Waals surface area contributed by atoms with Crippen LogP contribution < -0.4 is 10.1 Å². The van der Waals surface area contributed by atoms with Gasteiger partial charge in [0.2, 0.25) is 0 Å². The van der Waals surface area contributed by atoms with E-state index in [-0.39, 0.29) is 5.91 Å². The Morgan fingerprint density at radius 1 is 0.964 bits per heavy atom. The number of fused-ring (bicyclic) bond motifs is 1. The van der Waals surface area contributed by atoms with Gasteiger partial charge in [-0.25, -0.2) is 0 Å². The number of carbonyl (C=O) groups excluding carboxylic acids is 1. The van der Waals surface area contributed by atoms with E-state index in [1.807, 2.05) is 49.4 Å². The van der Waals surface area contributed by atoms with Crippen molar-refractivity contribution in [2.24, 2.45) is 0 Å². The maximum absolute atomic E-state index is 12.6. The Kier molecular flexibility index (Phi) is 4.93. The molecule has 2 heterocycles. The van der Waals surface area contributed by atoms with Crippen LogP contribution in [0.25, 0.3) is 10.9 Å². The van der Waals surface area contributed by atoms with Gasteiger partial charge in [0.1, 0.15) is 11.5 Å². The van der Waals surface area contributed by atoms with Crippen molar-refractivity contribution in [3.8, 4) is 11.5 Å². The third-order valence-electron chi connectivity index (χ3n) is 4.40. The Labute approximate surface area is 162 Å². The Hall–Kier alpha value is -3.80. The molecule has 0 saturated carbocycles. The SMILES string of the molecule is Cc1c(Oc2ccnc3ccccc23)cccc1C(=O)NCc1cnccn1. The Balaban J connectivity index is 1.57. The first-order chi connectivity index (χ1) is 13.7. The molecule has 0 fully saturated rings.